The first-order valence-electron chi connectivity index (χ1n) is 8.15. The zero-order chi connectivity index (χ0) is 16.1. The number of carbonyl (C=O) groups is 1. The Hall–Kier alpha value is -2.36. The number of amides is 2. The van der Waals surface area contributed by atoms with E-state index in [1.807, 2.05) is 12.1 Å². The van der Waals surface area contributed by atoms with Crippen LogP contribution in [0, 0.1) is 5.82 Å². The Bertz CT molecular complexity index is 663. The molecule has 0 heterocycles. The lowest BCUT2D eigenvalue weighted by atomic mass is 9.84. The Labute approximate surface area is 135 Å². The lowest BCUT2D eigenvalue weighted by molar-refractivity contribution is 0.262. The SMILES string of the molecule is O=C(Nc1ccc(C2CCCCC2)cc1)Nc1ccccc1F. The third-order valence-electron chi connectivity index (χ3n) is 4.37. The maximum atomic E-state index is 13.5. The molecule has 120 valence electrons. The highest BCUT2D eigenvalue weighted by Crippen LogP contribution is 2.32. The van der Waals surface area contributed by atoms with Crippen LogP contribution in [-0.2, 0) is 0 Å². The van der Waals surface area contributed by atoms with E-state index in [-0.39, 0.29) is 5.69 Å². The molecule has 0 saturated heterocycles. The van der Waals surface area contributed by atoms with Gasteiger partial charge >= 0.3 is 6.03 Å². The third kappa shape index (κ3) is 4.09. The van der Waals surface area contributed by atoms with Gasteiger partial charge in [-0.1, -0.05) is 43.5 Å². The molecular formula is C19H21FN2O. The second kappa shape index (κ2) is 7.27. The number of hydrogen-bond acceptors (Lipinski definition) is 1. The molecule has 0 aliphatic heterocycles. The third-order valence-corrected chi connectivity index (χ3v) is 4.37. The van der Waals surface area contributed by atoms with Crippen LogP contribution >= 0.6 is 0 Å². The predicted octanol–water partition coefficient (Wildman–Crippen LogP) is 5.52. The first-order valence-corrected chi connectivity index (χ1v) is 8.15. The number of hydrogen-bond donors (Lipinski definition) is 2. The molecule has 1 saturated carbocycles. The van der Waals surface area contributed by atoms with Crippen molar-refractivity contribution in [3.63, 3.8) is 0 Å². The van der Waals surface area contributed by atoms with Crippen LogP contribution in [0.25, 0.3) is 0 Å². The minimum atomic E-state index is -0.449. The largest absolute Gasteiger partial charge is 0.323 e. The minimum Gasteiger partial charge on any atom is -0.308 e. The molecule has 2 N–H and O–H groups in total. The van der Waals surface area contributed by atoms with Gasteiger partial charge in [-0.15, -0.1) is 0 Å². The number of halogens is 1. The summed E-state index contributed by atoms with van der Waals surface area (Å²) in [4.78, 5) is 11.9. The molecule has 0 atom stereocenters. The van der Waals surface area contributed by atoms with Crippen molar-refractivity contribution in [2.24, 2.45) is 0 Å². The maximum absolute atomic E-state index is 13.5. The van der Waals surface area contributed by atoms with E-state index in [9.17, 15) is 9.18 Å². The summed E-state index contributed by atoms with van der Waals surface area (Å²) in [6, 6.07) is 13.6. The molecule has 2 amide bonds. The van der Waals surface area contributed by atoms with Crippen LogP contribution < -0.4 is 10.6 Å². The molecule has 0 radical (unpaired) electrons. The quantitative estimate of drug-likeness (QED) is 0.770. The first-order chi connectivity index (χ1) is 11.2. The second-order valence-corrected chi connectivity index (χ2v) is 6.02. The summed E-state index contributed by atoms with van der Waals surface area (Å²) >= 11 is 0. The van der Waals surface area contributed by atoms with Crippen LogP contribution in [0.15, 0.2) is 48.5 Å². The Morgan fingerprint density at radius 1 is 0.913 bits per heavy atom. The van der Waals surface area contributed by atoms with Gasteiger partial charge in [0.25, 0.3) is 0 Å². The van der Waals surface area contributed by atoms with Crippen LogP contribution in [0.3, 0.4) is 0 Å². The average molecular weight is 312 g/mol. The monoisotopic (exact) mass is 312 g/mol. The zero-order valence-corrected chi connectivity index (χ0v) is 13.0. The second-order valence-electron chi connectivity index (χ2n) is 6.02. The lowest BCUT2D eigenvalue weighted by Crippen LogP contribution is -2.20. The fraction of sp³-hybridized carbons (Fsp3) is 0.316. The van der Waals surface area contributed by atoms with Gasteiger partial charge in [-0.2, -0.15) is 0 Å². The van der Waals surface area contributed by atoms with E-state index in [2.05, 4.69) is 22.8 Å². The summed E-state index contributed by atoms with van der Waals surface area (Å²) < 4.78 is 13.5. The summed E-state index contributed by atoms with van der Waals surface area (Å²) in [5, 5.41) is 5.24. The van der Waals surface area contributed by atoms with Crippen LogP contribution in [0.1, 0.15) is 43.6 Å². The van der Waals surface area contributed by atoms with Crippen LogP contribution in [0.5, 0.6) is 0 Å². The standard InChI is InChI=1S/C19H21FN2O/c20-17-8-4-5-9-18(17)22-19(23)21-16-12-10-15(11-13-16)14-6-2-1-3-7-14/h4-5,8-14H,1-3,6-7H2,(H2,21,22,23). The lowest BCUT2D eigenvalue weighted by Gasteiger charge is -2.22. The molecule has 3 rings (SSSR count). The number of benzene rings is 2. The Morgan fingerprint density at radius 2 is 1.61 bits per heavy atom. The average Bonchev–Trinajstić information content (AvgIpc) is 2.58. The van der Waals surface area contributed by atoms with Gasteiger partial charge in [0.05, 0.1) is 5.69 Å². The van der Waals surface area contributed by atoms with E-state index in [0.29, 0.717) is 11.6 Å². The van der Waals surface area contributed by atoms with Crippen molar-refractivity contribution in [2.75, 3.05) is 10.6 Å². The van der Waals surface area contributed by atoms with Gasteiger partial charge < -0.3 is 10.6 Å². The van der Waals surface area contributed by atoms with Crippen molar-refractivity contribution < 1.29 is 9.18 Å². The highest BCUT2D eigenvalue weighted by Gasteiger charge is 2.15. The topological polar surface area (TPSA) is 41.1 Å². The van der Waals surface area contributed by atoms with Gasteiger partial charge in [0.2, 0.25) is 0 Å². The molecule has 1 aliphatic rings. The van der Waals surface area contributed by atoms with Gasteiger partial charge in [-0.25, -0.2) is 9.18 Å². The van der Waals surface area contributed by atoms with Gasteiger partial charge in [0, 0.05) is 5.69 Å². The van der Waals surface area contributed by atoms with Gasteiger partial charge in [-0.3, -0.25) is 0 Å². The van der Waals surface area contributed by atoms with Crippen molar-refractivity contribution in [3.05, 3.63) is 59.9 Å². The Kier molecular flexibility index (Phi) is 4.91. The number of para-hydroxylation sites is 1. The molecule has 23 heavy (non-hydrogen) atoms. The Balaban J connectivity index is 1.59. The van der Waals surface area contributed by atoms with E-state index in [4.69, 9.17) is 0 Å². The minimum absolute atomic E-state index is 0.170. The molecule has 3 nitrogen and oxygen atoms in total. The van der Waals surface area contributed by atoms with Crippen molar-refractivity contribution in [1.82, 2.24) is 0 Å². The van der Waals surface area contributed by atoms with Crippen LogP contribution in [0.2, 0.25) is 0 Å². The smallest absolute Gasteiger partial charge is 0.308 e. The molecule has 2 aromatic carbocycles. The molecule has 0 unspecified atom stereocenters. The van der Waals surface area contributed by atoms with Crippen molar-refractivity contribution in [1.29, 1.82) is 0 Å². The zero-order valence-electron chi connectivity index (χ0n) is 13.0. The van der Waals surface area contributed by atoms with Gasteiger partial charge in [0.15, 0.2) is 0 Å². The number of carbonyl (C=O) groups excluding carboxylic acids is 1. The van der Waals surface area contributed by atoms with E-state index in [1.54, 1.807) is 12.1 Å². The van der Waals surface area contributed by atoms with E-state index in [1.165, 1.54) is 49.8 Å². The van der Waals surface area contributed by atoms with Crippen molar-refractivity contribution >= 4 is 17.4 Å². The first kappa shape index (κ1) is 15.5. The fourth-order valence-electron chi connectivity index (χ4n) is 3.12. The summed E-state index contributed by atoms with van der Waals surface area (Å²) in [5.41, 5.74) is 2.21. The van der Waals surface area contributed by atoms with Gasteiger partial charge in [0.1, 0.15) is 5.82 Å². The van der Waals surface area contributed by atoms with E-state index < -0.39 is 11.8 Å². The van der Waals surface area contributed by atoms with Crippen molar-refractivity contribution in [2.45, 2.75) is 38.0 Å². The fourth-order valence-corrected chi connectivity index (χ4v) is 3.12. The molecule has 0 spiro atoms. The molecule has 4 heteroatoms. The number of urea groups is 1. The Morgan fingerprint density at radius 3 is 2.30 bits per heavy atom. The molecular weight excluding hydrogens is 291 g/mol. The van der Waals surface area contributed by atoms with Crippen molar-refractivity contribution in [3.8, 4) is 0 Å². The van der Waals surface area contributed by atoms with E-state index in [0.717, 1.165) is 0 Å². The molecule has 1 aliphatic carbocycles. The summed E-state index contributed by atoms with van der Waals surface area (Å²) in [6.07, 6.45) is 6.44. The number of nitrogens with one attached hydrogen (secondary N) is 2. The highest BCUT2D eigenvalue weighted by molar-refractivity contribution is 5.99. The predicted molar refractivity (Wildman–Crippen MR) is 91.3 cm³/mol. The number of anilines is 2. The van der Waals surface area contributed by atoms with Crippen LogP contribution in [-0.4, -0.2) is 6.03 Å². The molecule has 0 aromatic heterocycles. The van der Waals surface area contributed by atoms with Gasteiger partial charge in [-0.05, 0) is 48.6 Å². The summed E-state index contributed by atoms with van der Waals surface area (Å²) in [6.45, 7) is 0. The highest BCUT2D eigenvalue weighted by atomic mass is 19.1. The van der Waals surface area contributed by atoms with E-state index >= 15 is 0 Å². The summed E-state index contributed by atoms with van der Waals surface area (Å²) in [5.74, 6) is 0.195. The summed E-state index contributed by atoms with van der Waals surface area (Å²) in [7, 11) is 0. The number of rotatable bonds is 3. The maximum Gasteiger partial charge on any atom is 0.323 e. The molecule has 2 aromatic rings. The molecule has 0 bridgehead atoms. The van der Waals surface area contributed by atoms with Crippen LogP contribution in [0.4, 0.5) is 20.6 Å². The normalized spacial score (nSPS) is 15.2. The molecule has 1 fully saturated rings.